The normalized spacial score (nSPS) is 11.4. The van der Waals surface area contributed by atoms with Gasteiger partial charge in [0.05, 0.1) is 13.2 Å². The highest BCUT2D eigenvalue weighted by atomic mass is 16.5. The van der Waals surface area contributed by atoms with Crippen molar-refractivity contribution in [2.75, 3.05) is 13.2 Å². The Morgan fingerprint density at radius 1 is 0.528 bits per heavy atom. The Balaban J connectivity index is 1.94. The minimum Gasteiger partial charge on any atom is -0.493 e. The number of aryl methyl sites for hydroxylation is 2. The van der Waals surface area contributed by atoms with Crippen LogP contribution in [0, 0.1) is 13.8 Å². The van der Waals surface area contributed by atoms with Gasteiger partial charge in [0.2, 0.25) is 0 Å². The summed E-state index contributed by atoms with van der Waals surface area (Å²) in [5, 5.41) is 0. The smallest absolute Gasteiger partial charge is 0.127 e. The third-order valence-electron chi connectivity index (χ3n) is 6.22. The maximum absolute atomic E-state index is 6.31. The first kappa shape index (κ1) is 27.3. The first-order chi connectivity index (χ1) is 17.6. The number of rotatable bonds is 14. The maximum atomic E-state index is 6.31. The molecule has 2 nitrogen and oxygen atoms in total. The van der Waals surface area contributed by atoms with Crippen LogP contribution in [0.15, 0.2) is 60.7 Å². The van der Waals surface area contributed by atoms with Crippen LogP contribution in [0.1, 0.15) is 85.8 Å². The van der Waals surface area contributed by atoms with E-state index < -0.39 is 0 Å². The second kappa shape index (κ2) is 15.0. The van der Waals surface area contributed by atoms with E-state index in [2.05, 4.69) is 113 Å². The van der Waals surface area contributed by atoms with Gasteiger partial charge in [-0.2, -0.15) is 0 Å². The lowest BCUT2D eigenvalue weighted by atomic mass is 10.0. The van der Waals surface area contributed by atoms with E-state index in [0.717, 1.165) is 48.7 Å². The molecule has 0 heterocycles. The molecule has 0 saturated carbocycles. The molecule has 0 aromatic heterocycles. The van der Waals surface area contributed by atoms with E-state index in [0.29, 0.717) is 0 Å². The minimum atomic E-state index is 0.719. The zero-order valence-electron chi connectivity index (χ0n) is 22.6. The van der Waals surface area contributed by atoms with Crippen LogP contribution in [-0.4, -0.2) is 13.2 Å². The summed E-state index contributed by atoms with van der Waals surface area (Å²) in [5.74, 6) is 1.80. The summed E-state index contributed by atoms with van der Waals surface area (Å²) < 4.78 is 12.6. The predicted molar refractivity (Wildman–Crippen MR) is 157 cm³/mol. The van der Waals surface area contributed by atoms with Crippen molar-refractivity contribution < 1.29 is 9.47 Å². The fourth-order valence-corrected chi connectivity index (χ4v) is 3.90. The van der Waals surface area contributed by atoms with Gasteiger partial charge in [0.15, 0.2) is 0 Å². The summed E-state index contributed by atoms with van der Waals surface area (Å²) in [7, 11) is 0. The van der Waals surface area contributed by atoms with Gasteiger partial charge in [0, 0.05) is 11.1 Å². The second-order valence-electron chi connectivity index (χ2n) is 9.53. The molecule has 0 spiro atoms. The van der Waals surface area contributed by atoms with Crippen molar-refractivity contribution in [2.24, 2.45) is 0 Å². The molecule has 190 valence electrons. The van der Waals surface area contributed by atoms with Crippen LogP contribution >= 0.6 is 0 Å². The van der Waals surface area contributed by atoms with Gasteiger partial charge in [-0.25, -0.2) is 0 Å². The molecule has 0 unspecified atom stereocenters. The molecule has 0 saturated heterocycles. The van der Waals surface area contributed by atoms with Crippen LogP contribution in [-0.2, 0) is 0 Å². The Morgan fingerprint density at radius 2 is 0.917 bits per heavy atom. The Hall–Kier alpha value is -3.26. The van der Waals surface area contributed by atoms with E-state index in [1.54, 1.807) is 0 Å². The molecule has 0 aliphatic carbocycles. The number of hydrogen-bond donors (Lipinski definition) is 0. The van der Waals surface area contributed by atoms with Crippen LogP contribution < -0.4 is 9.47 Å². The van der Waals surface area contributed by atoms with Gasteiger partial charge in [-0.1, -0.05) is 123 Å². The van der Waals surface area contributed by atoms with Crippen molar-refractivity contribution in [1.82, 2.24) is 0 Å². The van der Waals surface area contributed by atoms with Gasteiger partial charge in [-0.3, -0.25) is 0 Å². The van der Waals surface area contributed by atoms with Crippen molar-refractivity contribution in [3.05, 3.63) is 94.0 Å². The molecule has 0 aliphatic rings. The highest BCUT2D eigenvalue weighted by molar-refractivity contribution is 5.79. The standard InChI is InChI=1S/C34H42O2/c1-5-7-9-23-35-33-25-32(22-20-30-17-13-28(4)14-18-30)34(36-24-10-8-6-2)26-31(33)21-19-29-15-11-27(3)12-16-29/h11-22,25-26H,5-10,23-24H2,1-4H3/b21-19+,22-20+. The monoisotopic (exact) mass is 482 g/mol. The third kappa shape index (κ3) is 9.07. The lowest BCUT2D eigenvalue weighted by Gasteiger charge is -2.15. The van der Waals surface area contributed by atoms with Crippen LogP contribution in [0.2, 0.25) is 0 Å². The van der Waals surface area contributed by atoms with Crippen molar-refractivity contribution in [2.45, 2.75) is 66.2 Å². The molecule has 3 aromatic carbocycles. The quantitative estimate of drug-likeness (QED) is 0.168. The second-order valence-corrected chi connectivity index (χ2v) is 9.53. The highest BCUT2D eigenvalue weighted by Crippen LogP contribution is 2.33. The average Bonchev–Trinajstić information content (AvgIpc) is 2.89. The zero-order valence-corrected chi connectivity index (χ0v) is 22.6. The van der Waals surface area contributed by atoms with Crippen molar-refractivity contribution in [3.8, 4) is 11.5 Å². The fraction of sp³-hybridized carbons (Fsp3) is 0.353. The van der Waals surface area contributed by atoms with Crippen molar-refractivity contribution in [1.29, 1.82) is 0 Å². The van der Waals surface area contributed by atoms with Gasteiger partial charge in [0.1, 0.15) is 11.5 Å². The van der Waals surface area contributed by atoms with Crippen LogP contribution in [0.4, 0.5) is 0 Å². The summed E-state index contributed by atoms with van der Waals surface area (Å²) in [4.78, 5) is 0. The van der Waals surface area contributed by atoms with Gasteiger partial charge < -0.3 is 9.47 Å². The first-order valence-electron chi connectivity index (χ1n) is 13.5. The van der Waals surface area contributed by atoms with Gasteiger partial charge >= 0.3 is 0 Å². The lowest BCUT2D eigenvalue weighted by Crippen LogP contribution is -2.02. The van der Waals surface area contributed by atoms with E-state index in [4.69, 9.17) is 9.47 Å². The van der Waals surface area contributed by atoms with Crippen molar-refractivity contribution >= 4 is 24.3 Å². The zero-order chi connectivity index (χ0) is 25.6. The molecule has 0 radical (unpaired) electrons. The molecular weight excluding hydrogens is 440 g/mol. The fourth-order valence-electron chi connectivity index (χ4n) is 3.90. The molecule has 0 atom stereocenters. The topological polar surface area (TPSA) is 18.5 Å². The Bertz CT molecular complexity index is 1010. The van der Waals surface area contributed by atoms with E-state index >= 15 is 0 Å². The number of hydrogen-bond acceptors (Lipinski definition) is 2. The number of ether oxygens (including phenoxy) is 2. The molecular formula is C34H42O2. The third-order valence-corrected chi connectivity index (χ3v) is 6.22. The molecule has 3 rings (SSSR count). The molecule has 0 fully saturated rings. The molecule has 36 heavy (non-hydrogen) atoms. The Labute approximate surface area is 218 Å². The van der Waals surface area contributed by atoms with E-state index in [9.17, 15) is 0 Å². The molecule has 0 N–H and O–H groups in total. The van der Waals surface area contributed by atoms with Crippen molar-refractivity contribution in [3.63, 3.8) is 0 Å². The highest BCUT2D eigenvalue weighted by Gasteiger charge is 2.10. The molecule has 0 amide bonds. The molecule has 2 heteroatoms. The minimum absolute atomic E-state index is 0.719. The Morgan fingerprint density at radius 3 is 1.28 bits per heavy atom. The molecule has 3 aromatic rings. The van der Waals surface area contributed by atoms with Gasteiger partial charge in [0.25, 0.3) is 0 Å². The van der Waals surface area contributed by atoms with E-state index in [-0.39, 0.29) is 0 Å². The maximum Gasteiger partial charge on any atom is 0.127 e. The molecule has 0 aliphatic heterocycles. The van der Waals surface area contributed by atoms with E-state index in [1.165, 1.54) is 47.9 Å². The van der Waals surface area contributed by atoms with Gasteiger partial charge in [-0.15, -0.1) is 0 Å². The number of benzene rings is 3. The average molecular weight is 483 g/mol. The van der Waals surface area contributed by atoms with Crippen LogP contribution in [0.5, 0.6) is 11.5 Å². The van der Waals surface area contributed by atoms with Gasteiger partial charge in [-0.05, 0) is 49.9 Å². The summed E-state index contributed by atoms with van der Waals surface area (Å²) in [6.45, 7) is 10.1. The summed E-state index contributed by atoms with van der Waals surface area (Å²) in [6.07, 6.45) is 15.4. The summed E-state index contributed by atoms with van der Waals surface area (Å²) in [6, 6.07) is 21.4. The SMILES string of the molecule is CCCCCOc1cc(/C=C/c2ccc(C)cc2)c(OCCCCC)cc1/C=C/c1ccc(C)cc1. The van der Waals surface area contributed by atoms with Crippen LogP contribution in [0.3, 0.4) is 0 Å². The lowest BCUT2D eigenvalue weighted by molar-refractivity contribution is 0.297. The number of unbranched alkanes of at least 4 members (excludes halogenated alkanes) is 4. The predicted octanol–water partition coefficient (Wildman–Crippen LogP) is 9.78. The summed E-state index contributed by atoms with van der Waals surface area (Å²) >= 11 is 0. The first-order valence-corrected chi connectivity index (χ1v) is 13.5. The summed E-state index contributed by atoms with van der Waals surface area (Å²) in [5.41, 5.74) is 6.96. The largest absolute Gasteiger partial charge is 0.493 e. The van der Waals surface area contributed by atoms with E-state index in [1.807, 2.05) is 0 Å². The molecule has 0 bridgehead atoms. The Kier molecular flexibility index (Phi) is 11.4. The van der Waals surface area contributed by atoms with Crippen LogP contribution in [0.25, 0.3) is 24.3 Å².